The van der Waals surface area contributed by atoms with Crippen LogP contribution < -0.4 is 14.6 Å². The first-order valence-electron chi connectivity index (χ1n) is 8.91. The highest BCUT2D eigenvalue weighted by molar-refractivity contribution is 6.91. The lowest BCUT2D eigenvalue weighted by Gasteiger charge is -2.45. The van der Waals surface area contributed by atoms with E-state index in [2.05, 4.69) is 49.2 Å². The fourth-order valence-corrected chi connectivity index (χ4v) is 15.5. The largest absolute Gasteiger partial charge is 0.334 e. The SMILES string of the molecule is CCN[Si](NCC)(N[Si](CC)(CC)CC)C1CCCC1. The van der Waals surface area contributed by atoms with Gasteiger partial charge in [0.15, 0.2) is 0 Å². The van der Waals surface area contributed by atoms with E-state index in [1.165, 1.54) is 43.8 Å². The molecule has 0 spiro atoms. The van der Waals surface area contributed by atoms with Crippen LogP contribution in [0.4, 0.5) is 0 Å². The summed E-state index contributed by atoms with van der Waals surface area (Å²) in [6.45, 7) is 13.9. The minimum atomic E-state index is -1.75. The van der Waals surface area contributed by atoms with Crippen LogP contribution in [-0.4, -0.2) is 29.9 Å². The molecule has 1 rings (SSSR count). The highest BCUT2D eigenvalue weighted by Crippen LogP contribution is 2.36. The molecule has 1 aliphatic rings. The zero-order valence-corrected chi connectivity index (χ0v) is 16.4. The molecule has 3 N–H and O–H groups in total. The Kier molecular flexibility index (Phi) is 7.97. The van der Waals surface area contributed by atoms with Gasteiger partial charge in [0.25, 0.3) is 8.56 Å². The van der Waals surface area contributed by atoms with Gasteiger partial charge in [-0.3, -0.25) is 0 Å². The lowest BCUT2D eigenvalue weighted by Crippen LogP contribution is -2.80. The molecule has 120 valence electrons. The number of hydrogen-bond acceptors (Lipinski definition) is 3. The van der Waals surface area contributed by atoms with Crippen molar-refractivity contribution in [1.82, 2.24) is 14.6 Å². The number of rotatable bonds is 10. The lowest BCUT2D eigenvalue weighted by molar-refractivity contribution is 0.705. The fraction of sp³-hybridized carbons (Fsp3) is 1.00. The first-order chi connectivity index (χ1) is 9.62. The second-order valence-electron chi connectivity index (χ2n) is 6.32. The van der Waals surface area contributed by atoms with Gasteiger partial charge in [-0.1, -0.05) is 47.5 Å². The second kappa shape index (κ2) is 8.68. The Labute approximate surface area is 129 Å². The Morgan fingerprint density at radius 3 is 1.60 bits per heavy atom. The molecule has 1 fully saturated rings. The summed E-state index contributed by atoms with van der Waals surface area (Å²) >= 11 is 0. The number of nitrogens with one attached hydrogen (secondary N) is 3. The van der Waals surface area contributed by atoms with E-state index in [0.29, 0.717) is 0 Å². The van der Waals surface area contributed by atoms with Gasteiger partial charge in [0.05, 0.1) is 0 Å². The third kappa shape index (κ3) is 4.16. The molecule has 0 bridgehead atoms. The maximum atomic E-state index is 4.33. The molecule has 0 aromatic heterocycles. The summed E-state index contributed by atoms with van der Waals surface area (Å²) in [5.74, 6) is 0. The smallest absolute Gasteiger partial charge is 0.277 e. The molecule has 0 unspecified atom stereocenters. The Morgan fingerprint density at radius 1 is 0.800 bits per heavy atom. The first kappa shape index (κ1) is 18.4. The van der Waals surface area contributed by atoms with Gasteiger partial charge in [-0.05, 0) is 49.6 Å². The van der Waals surface area contributed by atoms with Gasteiger partial charge in [0.2, 0.25) is 0 Å². The molecule has 0 amide bonds. The van der Waals surface area contributed by atoms with Crippen LogP contribution in [0, 0.1) is 0 Å². The molecule has 1 saturated carbocycles. The molecule has 3 nitrogen and oxygen atoms in total. The van der Waals surface area contributed by atoms with Gasteiger partial charge >= 0.3 is 0 Å². The maximum absolute atomic E-state index is 4.33. The minimum Gasteiger partial charge on any atom is -0.334 e. The average molecular weight is 316 g/mol. The predicted molar refractivity (Wildman–Crippen MR) is 95.7 cm³/mol. The van der Waals surface area contributed by atoms with E-state index >= 15 is 0 Å². The third-order valence-corrected chi connectivity index (χ3v) is 16.8. The van der Waals surface area contributed by atoms with Crippen molar-refractivity contribution in [3.63, 3.8) is 0 Å². The molecule has 0 aromatic rings. The summed E-state index contributed by atoms with van der Waals surface area (Å²) in [5, 5.41) is 0. The molecule has 0 atom stereocenters. The van der Waals surface area contributed by atoms with Crippen molar-refractivity contribution in [1.29, 1.82) is 0 Å². The minimum absolute atomic E-state index is 0.874. The molecular weight excluding hydrogens is 278 g/mol. The van der Waals surface area contributed by atoms with E-state index < -0.39 is 16.8 Å². The Bertz CT molecular complexity index is 250. The van der Waals surface area contributed by atoms with Crippen molar-refractivity contribution in [2.24, 2.45) is 0 Å². The van der Waals surface area contributed by atoms with Gasteiger partial charge in [-0.15, -0.1) is 0 Å². The van der Waals surface area contributed by atoms with Gasteiger partial charge in [-0.25, -0.2) is 0 Å². The van der Waals surface area contributed by atoms with Crippen molar-refractivity contribution in [3.05, 3.63) is 0 Å². The number of hydrogen-bond donors (Lipinski definition) is 3. The third-order valence-electron chi connectivity index (χ3n) is 5.37. The zero-order valence-electron chi connectivity index (χ0n) is 14.4. The summed E-state index contributed by atoms with van der Waals surface area (Å²) in [4.78, 5) is 7.90. The van der Waals surface area contributed by atoms with Gasteiger partial charge in [-0.2, -0.15) is 0 Å². The molecule has 0 radical (unpaired) electrons. The van der Waals surface area contributed by atoms with Crippen LogP contribution in [0.2, 0.25) is 23.7 Å². The highest BCUT2D eigenvalue weighted by atomic mass is 28.4. The van der Waals surface area contributed by atoms with Gasteiger partial charge in [0, 0.05) is 0 Å². The molecule has 0 aliphatic heterocycles. The van der Waals surface area contributed by atoms with Crippen molar-refractivity contribution in [2.75, 3.05) is 13.1 Å². The van der Waals surface area contributed by atoms with Crippen LogP contribution in [0.3, 0.4) is 0 Å². The molecular formula is C15H37N3Si2. The van der Waals surface area contributed by atoms with Gasteiger partial charge in [0.1, 0.15) is 8.24 Å². The second-order valence-corrected chi connectivity index (χ2v) is 15.1. The van der Waals surface area contributed by atoms with E-state index in [4.69, 9.17) is 0 Å². The van der Waals surface area contributed by atoms with Crippen molar-refractivity contribution < 1.29 is 0 Å². The summed E-state index contributed by atoms with van der Waals surface area (Å²) in [6, 6.07) is 4.08. The summed E-state index contributed by atoms with van der Waals surface area (Å²) in [6.07, 6.45) is 5.69. The zero-order chi connectivity index (χ0) is 15.1. The van der Waals surface area contributed by atoms with E-state index in [0.717, 1.165) is 18.6 Å². The maximum Gasteiger partial charge on any atom is 0.277 e. The molecule has 5 heteroatoms. The van der Waals surface area contributed by atoms with E-state index in [9.17, 15) is 0 Å². The van der Waals surface area contributed by atoms with Gasteiger partial charge < -0.3 is 14.6 Å². The molecule has 20 heavy (non-hydrogen) atoms. The summed E-state index contributed by atoms with van der Waals surface area (Å²) in [7, 11) is -3.06. The highest BCUT2D eigenvalue weighted by Gasteiger charge is 2.47. The monoisotopic (exact) mass is 315 g/mol. The fourth-order valence-electron chi connectivity index (χ4n) is 3.89. The Morgan fingerprint density at radius 2 is 1.25 bits per heavy atom. The normalized spacial score (nSPS) is 17.9. The average Bonchev–Trinajstić information content (AvgIpc) is 3.00. The Hall–Kier alpha value is 0.314. The van der Waals surface area contributed by atoms with Crippen molar-refractivity contribution >= 4 is 16.8 Å². The molecule has 0 saturated heterocycles. The lowest BCUT2D eigenvalue weighted by atomic mass is 10.4. The quantitative estimate of drug-likeness (QED) is 0.538. The molecule has 0 aromatic carbocycles. The summed E-state index contributed by atoms with van der Waals surface area (Å²) < 4.78 is 4.33. The predicted octanol–water partition coefficient (Wildman–Crippen LogP) is 3.68. The van der Waals surface area contributed by atoms with Crippen LogP contribution in [0.25, 0.3) is 0 Å². The van der Waals surface area contributed by atoms with Crippen molar-refractivity contribution in [3.8, 4) is 0 Å². The van der Waals surface area contributed by atoms with E-state index in [-0.39, 0.29) is 0 Å². The Balaban J connectivity index is 3.00. The van der Waals surface area contributed by atoms with Crippen LogP contribution >= 0.6 is 0 Å². The topological polar surface area (TPSA) is 36.1 Å². The summed E-state index contributed by atoms with van der Waals surface area (Å²) in [5.41, 5.74) is 0.874. The van der Waals surface area contributed by atoms with E-state index in [1.807, 2.05) is 0 Å². The van der Waals surface area contributed by atoms with E-state index in [1.54, 1.807) is 0 Å². The first-order valence-corrected chi connectivity index (χ1v) is 13.6. The molecule has 1 aliphatic carbocycles. The van der Waals surface area contributed by atoms with Crippen LogP contribution in [0.1, 0.15) is 60.3 Å². The van der Waals surface area contributed by atoms with Crippen LogP contribution in [0.5, 0.6) is 0 Å². The standard InChI is InChI=1S/C15H37N3Si2/c1-6-16-20(17-7-2,15-13-11-12-14-15)18-19(8-3,9-4)10-5/h15-18H,6-14H2,1-5H3. The van der Waals surface area contributed by atoms with Crippen molar-refractivity contribution in [2.45, 2.75) is 84.0 Å². The van der Waals surface area contributed by atoms with Crippen LogP contribution in [0.15, 0.2) is 0 Å². The van der Waals surface area contributed by atoms with Crippen LogP contribution in [-0.2, 0) is 0 Å². The molecule has 0 heterocycles.